The van der Waals surface area contributed by atoms with Crippen molar-refractivity contribution in [2.24, 2.45) is 0 Å². The Morgan fingerprint density at radius 3 is 2.57 bits per heavy atom. The Bertz CT molecular complexity index is 760. The van der Waals surface area contributed by atoms with E-state index in [9.17, 15) is 4.79 Å². The maximum Gasteiger partial charge on any atom is 0.251 e. The molecule has 1 atom stereocenters. The second kappa shape index (κ2) is 10.1. The normalized spacial score (nSPS) is 15.6. The number of rotatable bonds is 8. The van der Waals surface area contributed by atoms with Gasteiger partial charge >= 0.3 is 0 Å². The second-order valence-electron chi connectivity index (χ2n) is 6.65. The third kappa shape index (κ3) is 5.24. The van der Waals surface area contributed by atoms with Crippen molar-refractivity contribution in [1.82, 2.24) is 10.2 Å². The van der Waals surface area contributed by atoms with Gasteiger partial charge in [-0.25, -0.2) is 0 Å². The summed E-state index contributed by atoms with van der Waals surface area (Å²) in [5.74, 6) is 1.05. The van der Waals surface area contributed by atoms with Crippen LogP contribution in [-0.2, 0) is 4.74 Å². The third-order valence-electron chi connectivity index (χ3n) is 4.78. The molecule has 0 bridgehead atoms. The number of amides is 1. The Morgan fingerprint density at radius 2 is 1.89 bits per heavy atom. The average molecular weight is 384 g/mol. The summed E-state index contributed by atoms with van der Waals surface area (Å²) in [7, 11) is 1.57. The largest absolute Gasteiger partial charge is 0.493 e. The van der Waals surface area contributed by atoms with Crippen LogP contribution in [0.3, 0.4) is 0 Å². The first-order valence-electron chi connectivity index (χ1n) is 9.68. The summed E-state index contributed by atoms with van der Waals surface area (Å²) in [6.07, 6.45) is 0. The SMILES string of the molecule is CCOc1ccc(C(=O)NC(CN2CCOCC2)c2ccccc2)cc1OC. The zero-order valence-electron chi connectivity index (χ0n) is 16.5. The molecule has 1 saturated heterocycles. The van der Waals surface area contributed by atoms with Gasteiger partial charge in [-0.1, -0.05) is 30.3 Å². The minimum Gasteiger partial charge on any atom is -0.493 e. The molecule has 2 aromatic carbocycles. The molecule has 1 aliphatic heterocycles. The monoisotopic (exact) mass is 384 g/mol. The molecular weight excluding hydrogens is 356 g/mol. The topological polar surface area (TPSA) is 60.0 Å². The van der Waals surface area contributed by atoms with Crippen LogP contribution < -0.4 is 14.8 Å². The molecule has 1 fully saturated rings. The van der Waals surface area contributed by atoms with E-state index in [4.69, 9.17) is 14.2 Å². The molecule has 0 aromatic heterocycles. The molecule has 3 rings (SSSR count). The van der Waals surface area contributed by atoms with Crippen molar-refractivity contribution in [2.75, 3.05) is 46.6 Å². The Balaban J connectivity index is 1.76. The fourth-order valence-corrected chi connectivity index (χ4v) is 3.29. The molecular formula is C22H28N2O4. The second-order valence-corrected chi connectivity index (χ2v) is 6.65. The smallest absolute Gasteiger partial charge is 0.251 e. The minimum atomic E-state index is -0.136. The summed E-state index contributed by atoms with van der Waals surface area (Å²) >= 11 is 0. The average Bonchev–Trinajstić information content (AvgIpc) is 2.75. The number of benzene rings is 2. The van der Waals surface area contributed by atoms with Crippen molar-refractivity contribution >= 4 is 5.91 Å². The highest BCUT2D eigenvalue weighted by Crippen LogP contribution is 2.28. The van der Waals surface area contributed by atoms with Crippen molar-refractivity contribution in [3.8, 4) is 11.5 Å². The van der Waals surface area contributed by atoms with Gasteiger partial charge in [0, 0.05) is 25.2 Å². The molecule has 1 amide bonds. The molecule has 1 heterocycles. The zero-order chi connectivity index (χ0) is 19.8. The lowest BCUT2D eigenvalue weighted by molar-refractivity contribution is 0.0332. The number of carbonyl (C=O) groups is 1. The highest BCUT2D eigenvalue weighted by atomic mass is 16.5. The zero-order valence-corrected chi connectivity index (χ0v) is 16.5. The molecule has 2 aromatic rings. The Hall–Kier alpha value is -2.57. The maximum atomic E-state index is 13.0. The van der Waals surface area contributed by atoms with Crippen LogP contribution in [0.5, 0.6) is 11.5 Å². The van der Waals surface area contributed by atoms with Gasteiger partial charge in [-0.15, -0.1) is 0 Å². The van der Waals surface area contributed by atoms with Crippen LogP contribution in [0, 0.1) is 0 Å². The van der Waals surface area contributed by atoms with E-state index in [-0.39, 0.29) is 11.9 Å². The van der Waals surface area contributed by atoms with E-state index in [2.05, 4.69) is 10.2 Å². The number of methoxy groups -OCH3 is 1. The van der Waals surface area contributed by atoms with E-state index in [0.29, 0.717) is 23.7 Å². The summed E-state index contributed by atoms with van der Waals surface area (Å²) < 4.78 is 16.4. The number of nitrogens with zero attached hydrogens (tertiary/aromatic N) is 1. The van der Waals surface area contributed by atoms with Crippen LogP contribution in [0.2, 0.25) is 0 Å². The lowest BCUT2D eigenvalue weighted by Gasteiger charge is -2.31. The lowest BCUT2D eigenvalue weighted by atomic mass is 10.0. The first-order valence-corrected chi connectivity index (χ1v) is 9.68. The fraction of sp³-hybridized carbons (Fsp3) is 0.409. The van der Waals surface area contributed by atoms with Crippen molar-refractivity contribution in [2.45, 2.75) is 13.0 Å². The van der Waals surface area contributed by atoms with Gasteiger partial charge in [0.1, 0.15) is 0 Å². The standard InChI is InChI=1S/C22H28N2O4/c1-3-28-20-10-9-18(15-21(20)26-2)22(25)23-19(17-7-5-4-6-8-17)16-24-11-13-27-14-12-24/h4-10,15,19H,3,11-14,16H2,1-2H3,(H,23,25). The lowest BCUT2D eigenvalue weighted by Crippen LogP contribution is -2.43. The van der Waals surface area contributed by atoms with Gasteiger partial charge in [0.15, 0.2) is 11.5 Å². The summed E-state index contributed by atoms with van der Waals surface area (Å²) in [6.45, 7) is 6.39. The Kier molecular flexibility index (Phi) is 7.28. The molecule has 1 aliphatic rings. The number of nitrogens with one attached hydrogen (secondary N) is 1. The van der Waals surface area contributed by atoms with Crippen molar-refractivity contribution in [1.29, 1.82) is 0 Å². The molecule has 28 heavy (non-hydrogen) atoms. The number of hydrogen-bond acceptors (Lipinski definition) is 5. The molecule has 1 N–H and O–H groups in total. The molecule has 1 unspecified atom stereocenters. The van der Waals surface area contributed by atoms with Crippen molar-refractivity contribution < 1.29 is 19.0 Å². The van der Waals surface area contributed by atoms with Crippen LogP contribution in [-0.4, -0.2) is 57.4 Å². The number of carbonyl (C=O) groups excluding carboxylic acids is 1. The molecule has 6 heteroatoms. The fourth-order valence-electron chi connectivity index (χ4n) is 3.29. The minimum absolute atomic E-state index is 0.107. The quantitative estimate of drug-likeness (QED) is 0.758. The molecule has 0 spiro atoms. The first-order chi connectivity index (χ1) is 13.7. The van der Waals surface area contributed by atoms with E-state index in [1.165, 1.54) is 0 Å². The van der Waals surface area contributed by atoms with E-state index in [0.717, 1.165) is 38.4 Å². The number of hydrogen-bond donors (Lipinski definition) is 1. The van der Waals surface area contributed by atoms with Crippen molar-refractivity contribution in [3.63, 3.8) is 0 Å². The van der Waals surface area contributed by atoms with E-state index >= 15 is 0 Å². The van der Waals surface area contributed by atoms with Gasteiger partial charge in [-0.2, -0.15) is 0 Å². The predicted molar refractivity (Wildman–Crippen MR) is 108 cm³/mol. The summed E-state index contributed by atoms with van der Waals surface area (Å²) in [4.78, 5) is 15.3. The Morgan fingerprint density at radius 1 is 1.14 bits per heavy atom. The van der Waals surface area contributed by atoms with Gasteiger partial charge in [-0.3, -0.25) is 9.69 Å². The summed E-state index contributed by atoms with van der Waals surface area (Å²) in [5.41, 5.74) is 1.63. The predicted octanol–water partition coefficient (Wildman–Crippen LogP) is 2.90. The number of ether oxygens (including phenoxy) is 3. The van der Waals surface area contributed by atoms with Crippen LogP contribution in [0.15, 0.2) is 48.5 Å². The van der Waals surface area contributed by atoms with Crippen LogP contribution in [0.4, 0.5) is 0 Å². The van der Waals surface area contributed by atoms with Crippen LogP contribution in [0.1, 0.15) is 28.9 Å². The highest BCUT2D eigenvalue weighted by molar-refractivity contribution is 5.95. The van der Waals surface area contributed by atoms with Crippen LogP contribution in [0.25, 0.3) is 0 Å². The van der Waals surface area contributed by atoms with E-state index in [1.54, 1.807) is 25.3 Å². The van der Waals surface area contributed by atoms with Gasteiger partial charge in [0.05, 0.1) is 33.0 Å². The molecule has 150 valence electrons. The maximum absolute atomic E-state index is 13.0. The highest BCUT2D eigenvalue weighted by Gasteiger charge is 2.21. The molecule has 6 nitrogen and oxygen atoms in total. The first kappa shape index (κ1) is 20.2. The van der Waals surface area contributed by atoms with Crippen molar-refractivity contribution in [3.05, 3.63) is 59.7 Å². The molecule has 0 radical (unpaired) electrons. The van der Waals surface area contributed by atoms with E-state index < -0.39 is 0 Å². The van der Waals surface area contributed by atoms with E-state index in [1.807, 2.05) is 37.3 Å². The molecule has 0 aliphatic carbocycles. The van der Waals surface area contributed by atoms with Crippen LogP contribution >= 0.6 is 0 Å². The summed E-state index contributed by atoms with van der Waals surface area (Å²) in [6, 6.07) is 15.2. The Labute approximate surface area is 166 Å². The summed E-state index contributed by atoms with van der Waals surface area (Å²) in [5, 5.41) is 3.18. The molecule has 0 saturated carbocycles. The third-order valence-corrected chi connectivity index (χ3v) is 4.78. The van der Waals surface area contributed by atoms with Gasteiger partial charge < -0.3 is 19.5 Å². The van der Waals surface area contributed by atoms with Gasteiger partial charge in [0.2, 0.25) is 0 Å². The number of morpholine rings is 1. The van der Waals surface area contributed by atoms with Gasteiger partial charge in [0.25, 0.3) is 5.91 Å². The van der Waals surface area contributed by atoms with Gasteiger partial charge in [-0.05, 0) is 30.7 Å².